The summed E-state index contributed by atoms with van der Waals surface area (Å²) in [5.74, 6) is 1.72. The van der Waals surface area contributed by atoms with Crippen molar-refractivity contribution in [3.8, 4) is 0 Å². The van der Waals surface area contributed by atoms with E-state index in [1.165, 1.54) is 62.1 Å². The van der Waals surface area contributed by atoms with E-state index in [0.717, 1.165) is 18.4 Å². The topological polar surface area (TPSA) is 24.9 Å². The first kappa shape index (κ1) is 15.5. The highest BCUT2D eigenvalue weighted by atomic mass is 32.1. The van der Waals surface area contributed by atoms with Crippen LogP contribution in [0, 0.1) is 11.8 Å². The Hall–Kier alpha value is -0.410. The first-order chi connectivity index (χ1) is 10.1. The van der Waals surface area contributed by atoms with Gasteiger partial charge in [-0.05, 0) is 56.9 Å². The molecule has 3 heteroatoms. The largest absolute Gasteiger partial charge is 0.306 e. The third-order valence-electron chi connectivity index (χ3n) is 5.58. The van der Waals surface area contributed by atoms with Gasteiger partial charge in [-0.3, -0.25) is 0 Å². The Bertz CT molecular complexity index is 458. The lowest BCUT2D eigenvalue weighted by atomic mass is 9.86. The van der Waals surface area contributed by atoms with Gasteiger partial charge in [0.05, 0.1) is 11.2 Å². The van der Waals surface area contributed by atoms with E-state index in [0.29, 0.717) is 0 Å². The monoisotopic (exact) mass is 306 g/mol. The molecule has 0 spiro atoms. The van der Waals surface area contributed by atoms with Crippen molar-refractivity contribution in [2.75, 3.05) is 6.54 Å². The number of fused-ring (bicyclic) bond motifs is 1. The van der Waals surface area contributed by atoms with Gasteiger partial charge >= 0.3 is 0 Å². The van der Waals surface area contributed by atoms with Crippen LogP contribution < -0.4 is 5.32 Å². The highest BCUT2D eigenvalue weighted by Crippen LogP contribution is 2.43. The molecule has 2 nitrogen and oxygen atoms in total. The molecule has 0 saturated heterocycles. The highest BCUT2D eigenvalue weighted by molar-refractivity contribution is 7.12. The minimum Gasteiger partial charge on any atom is -0.306 e. The van der Waals surface area contributed by atoms with Gasteiger partial charge in [-0.2, -0.15) is 0 Å². The van der Waals surface area contributed by atoms with Gasteiger partial charge in [0.2, 0.25) is 0 Å². The summed E-state index contributed by atoms with van der Waals surface area (Å²) < 4.78 is 0. The summed E-state index contributed by atoms with van der Waals surface area (Å²) in [4.78, 5) is 6.65. The molecule has 1 saturated carbocycles. The predicted octanol–water partition coefficient (Wildman–Crippen LogP) is 4.67. The Morgan fingerprint density at radius 2 is 2.10 bits per heavy atom. The van der Waals surface area contributed by atoms with Gasteiger partial charge in [0.15, 0.2) is 0 Å². The molecule has 0 aromatic carbocycles. The lowest BCUT2D eigenvalue weighted by molar-refractivity contribution is 0.279. The van der Waals surface area contributed by atoms with Crippen LogP contribution in [0.5, 0.6) is 0 Å². The molecule has 2 atom stereocenters. The number of aryl methyl sites for hydroxylation is 2. The quantitative estimate of drug-likeness (QED) is 0.817. The molecule has 0 bridgehead atoms. The molecule has 3 rings (SSSR count). The van der Waals surface area contributed by atoms with Crippen molar-refractivity contribution in [2.24, 2.45) is 11.8 Å². The molecule has 1 aromatic rings. The van der Waals surface area contributed by atoms with E-state index in [2.05, 4.69) is 26.1 Å². The second-order valence-corrected chi connectivity index (χ2v) is 8.37. The Balaban J connectivity index is 1.84. The molecule has 1 fully saturated rings. The second-order valence-electron chi connectivity index (χ2n) is 7.29. The molecule has 1 heterocycles. The van der Waals surface area contributed by atoms with Crippen LogP contribution in [0.2, 0.25) is 0 Å². The summed E-state index contributed by atoms with van der Waals surface area (Å²) in [6.07, 6.45) is 10.4. The fraction of sp³-hybridized carbons (Fsp3) is 0.833. The molecule has 0 amide bonds. The van der Waals surface area contributed by atoms with Gasteiger partial charge in [-0.25, -0.2) is 4.98 Å². The Morgan fingerprint density at radius 1 is 1.24 bits per heavy atom. The van der Waals surface area contributed by atoms with Gasteiger partial charge in [-0.1, -0.05) is 33.6 Å². The molecular weight excluding hydrogens is 276 g/mol. The maximum atomic E-state index is 5.07. The van der Waals surface area contributed by atoms with Crippen molar-refractivity contribution < 1.29 is 0 Å². The standard InChI is InChI=1S/C18H30N2S/c1-4-19-18(11-6-7-14(10-12-18)13(2)3)17-20-15-8-5-9-16(15)21-17/h13-14,19H,4-12H2,1-3H3. The third kappa shape index (κ3) is 3.05. The van der Waals surface area contributed by atoms with Crippen molar-refractivity contribution in [1.29, 1.82) is 0 Å². The smallest absolute Gasteiger partial charge is 0.113 e. The lowest BCUT2D eigenvalue weighted by Gasteiger charge is -2.32. The van der Waals surface area contributed by atoms with Crippen molar-refractivity contribution in [3.05, 3.63) is 15.6 Å². The normalized spacial score (nSPS) is 29.6. The lowest BCUT2D eigenvalue weighted by Crippen LogP contribution is -2.42. The zero-order chi connectivity index (χ0) is 14.9. The number of nitrogens with one attached hydrogen (secondary N) is 1. The fourth-order valence-corrected chi connectivity index (χ4v) is 5.61. The van der Waals surface area contributed by atoms with Crippen LogP contribution in [-0.4, -0.2) is 11.5 Å². The van der Waals surface area contributed by atoms with E-state index in [1.54, 1.807) is 4.88 Å². The molecule has 0 radical (unpaired) electrons. The SMILES string of the molecule is CCNC1(c2nc3c(s2)CCC3)CCCC(C(C)C)CC1. The van der Waals surface area contributed by atoms with Gasteiger partial charge in [0.25, 0.3) is 0 Å². The van der Waals surface area contributed by atoms with E-state index in [9.17, 15) is 0 Å². The fourth-order valence-electron chi connectivity index (χ4n) is 4.23. The van der Waals surface area contributed by atoms with Crippen LogP contribution in [0.15, 0.2) is 0 Å². The molecule has 2 aliphatic rings. The molecule has 0 aliphatic heterocycles. The average Bonchev–Trinajstić information content (AvgIpc) is 2.96. The van der Waals surface area contributed by atoms with Gasteiger partial charge in [0.1, 0.15) is 5.01 Å². The number of hydrogen-bond donors (Lipinski definition) is 1. The summed E-state index contributed by atoms with van der Waals surface area (Å²) in [6.45, 7) is 8.08. The van der Waals surface area contributed by atoms with E-state index < -0.39 is 0 Å². The van der Waals surface area contributed by atoms with Crippen LogP contribution in [-0.2, 0) is 18.4 Å². The molecule has 2 unspecified atom stereocenters. The number of rotatable bonds is 4. The molecule has 118 valence electrons. The Morgan fingerprint density at radius 3 is 2.81 bits per heavy atom. The predicted molar refractivity (Wildman–Crippen MR) is 90.9 cm³/mol. The Kier molecular flexibility index (Phi) is 4.70. The van der Waals surface area contributed by atoms with Crippen LogP contribution in [0.25, 0.3) is 0 Å². The summed E-state index contributed by atoms with van der Waals surface area (Å²) >= 11 is 2.01. The Labute approximate surface area is 133 Å². The zero-order valence-electron chi connectivity index (χ0n) is 13.9. The number of thiazole rings is 1. The number of hydrogen-bond acceptors (Lipinski definition) is 3. The van der Waals surface area contributed by atoms with Crippen molar-refractivity contribution >= 4 is 11.3 Å². The van der Waals surface area contributed by atoms with E-state index in [1.807, 2.05) is 11.3 Å². The van der Waals surface area contributed by atoms with E-state index >= 15 is 0 Å². The molecule has 21 heavy (non-hydrogen) atoms. The summed E-state index contributed by atoms with van der Waals surface area (Å²) in [7, 11) is 0. The summed E-state index contributed by atoms with van der Waals surface area (Å²) in [5.41, 5.74) is 1.59. The van der Waals surface area contributed by atoms with Crippen LogP contribution in [0.4, 0.5) is 0 Å². The van der Waals surface area contributed by atoms with Crippen LogP contribution in [0.3, 0.4) is 0 Å². The maximum Gasteiger partial charge on any atom is 0.113 e. The van der Waals surface area contributed by atoms with Crippen molar-refractivity contribution in [3.63, 3.8) is 0 Å². The minimum atomic E-state index is 0.174. The van der Waals surface area contributed by atoms with Crippen molar-refractivity contribution in [1.82, 2.24) is 10.3 Å². The minimum absolute atomic E-state index is 0.174. The van der Waals surface area contributed by atoms with Gasteiger partial charge < -0.3 is 5.32 Å². The molecule has 2 aliphatic carbocycles. The van der Waals surface area contributed by atoms with Gasteiger partial charge in [-0.15, -0.1) is 11.3 Å². The average molecular weight is 307 g/mol. The number of aromatic nitrogens is 1. The van der Waals surface area contributed by atoms with Crippen LogP contribution in [0.1, 0.15) is 74.9 Å². The van der Waals surface area contributed by atoms with Crippen LogP contribution >= 0.6 is 11.3 Å². The first-order valence-electron chi connectivity index (χ1n) is 8.88. The summed E-state index contributed by atoms with van der Waals surface area (Å²) in [6, 6.07) is 0. The maximum absolute atomic E-state index is 5.07. The number of nitrogens with zero attached hydrogens (tertiary/aromatic N) is 1. The summed E-state index contributed by atoms with van der Waals surface area (Å²) in [5, 5.41) is 5.25. The van der Waals surface area contributed by atoms with Crippen molar-refractivity contribution in [2.45, 2.75) is 77.7 Å². The molecule has 1 N–H and O–H groups in total. The first-order valence-corrected chi connectivity index (χ1v) is 9.70. The second kappa shape index (κ2) is 6.37. The van der Waals surface area contributed by atoms with E-state index in [4.69, 9.17) is 4.98 Å². The van der Waals surface area contributed by atoms with E-state index in [-0.39, 0.29) is 5.54 Å². The highest BCUT2D eigenvalue weighted by Gasteiger charge is 2.38. The molecule has 1 aromatic heterocycles. The third-order valence-corrected chi connectivity index (χ3v) is 6.94. The van der Waals surface area contributed by atoms with Gasteiger partial charge in [0, 0.05) is 4.88 Å². The zero-order valence-corrected chi connectivity index (χ0v) is 14.7. The molecular formula is C18H30N2S.